The Morgan fingerprint density at radius 3 is 2.67 bits per heavy atom. The van der Waals surface area contributed by atoms with Crippen molar-refractivity contribution < 1.29 is 19.1 Å². The average molecular weight is 330 g/mol. The van der Waals surface area contributed by atoms with Crippen molar-refractivity contribution in [1.29, 1.82) is 0 Å². The summed E-state index contributed by atoms with van der Waals surface area (Å²) in [7, 11) is 0. The highest BCUT2D eigenvalue weighted by Crippen LogP contribution is 2.24. The summed E-state index contributed by atoms with van der Waals surface area (Å²) in [6, 6.07) is 6.74. The van der Waals surface area contributed by atoms with Crippen molar-refractivity contribution in [2.45, 2.75) is 38.7 Å². The van der Waals surface area contributed by atoms with Crippen LogP contribution in [0.25, 0.3) is 0 Å². The maximum absolute atomic E-state index is 12.8. The van der Waals surface area contributed by atoms with E-state index < -0.39 is 0 Å². The van der Waals surface area contributed by atoms with Crippen LogP contribution in [-0.2, 0) is 14.3 Å². The summed E-state index contributed by atoms with van der Waals surface area (Å²) in [5.41, 5.74) is 0.960. The number of amides is 3. The van der Waals surface area contributed by atoms with E-state index in [1.807, 2.05) is 6.92 Å². The van der Waals surface area contributed by atoms with E-state index in [0.29, 0.717) is 24.3 Å². The van der Waals surface area contributed by atoms with Crippen LogP contribution in [0.3, 0.4) is 0 Å². The normalized spacial score (nSPS) is 20.7. The van der Waals surface area contributed by atoms with Crippen LogP contribution >= 0.6 is 0 Å². The van der Waals surface area contributed by atoms with Crippen molar-refractivity contribution in [2.24, 2.45) is 0 Å². The molecule has 0 aliphatic carbocycles. The zero-order valence-electron chi connectivity index (χ0n) is 13.9. The van der Waals surface area contributed by atoms with Gasteiger partial charge in [-0.2, -0.15) is 0 Å². The van der Waals surface area contributed by atoms with E-state index in [2.05, 4.69) is 0 Å². The molecule has 3 amide bonds. The SMILES string of the molecule is CCN(CC1CCCO1)C(=O)c1cccc(N2C(=O)CCC2=O)c1. The van der Waals surface area contributed by atoms with E-state index in [1.54, 1.807) is 29.2 Å². The lowest BCUT2D eigenvalue weighted by Crippen LogP contribution is -2.37. The van der Waals surface area contributed by atoms with Gasteiger partial charge in [-0.1, -0.05) is 6.07 Å². The molecule has 1 aromatic rings. The number of hydrogen-bond acceptors (Lipinski definition) is 4. The van der Waals surface area contributed by atoms with E-state index in [-0.39, 0.29) is 36.7 Å². The molecule has 2 aliphatic rings. The van der Waals surface area contributed by atoms with Gasteiger partial charge in [0.2, 0.25) is 11.8 Å². The number of imide groups is 1. The van der Waals surface area contributed by atoms with Gasteiger partial charge in [0.25, 0.3) is 5.91 Å². The molecule has 2 aliphatic heterocycles. The van der Waals surface area contributed by atoms with Gasteiger partial charge in [-0.25, -0.2) is 0 Å². The van der Waals surface area contributed by atoms with Gasteiger partial charge >= 0.3 is 0 Å². The molecule has 2 heterocycles. The lowest BCUT2D eigenvalue weighted by atomic mass is 10.1. The number of likely N-dealkylation sites (N-methyl/N-ethyl adjacent to an activating group) is 1. The molecule has 1 aromatic carbocycles. The molecule has 0 spiro atoms. The Hall–Kier alpha value is -2.21. The van der Waals surface area contributed by atoms with Gasteiger partial charge in [-0.05, 0) is 38.0 Å². The molecule has 3 rings (SSSR count). The molecule has 0 N–H and O–H groups in total. The Morgan fingerprint density at radius 2 is 2.04 bits per heavy atom. The summed E-state index contributed by atoms with van der Waals surface area (Å²) < 4.78 is 5.61. The van der Waals surface area contributed by atoms with Crippen molar-refractivity contribution in [3.63, 3.8) is 0 Å². The highest BCUT2D eigenvalue weighted by molar-refractivity contribution is 6.20. The largest absolute Gasteiger partial charge is 0.376 e. The third-order valence-corrected chi connectivity index (χ3v) is 4.52. The van der Waals surface area contributed by atoms with Crippen LogP contribution in [0.5, 0.6) is 0 Å². The molecule has 0 aromatic heterocycles. The van der Waals surface area contributed by atoms with Crippen molar-refractivity contribution >= 4 is 23.4 Å². The van der Waals surface area contributed by atoms with E-state index in [4.69, 9.17) is 4.74 Å². The van der Waals surface area contributed by atoms with Gasteiger partial charge in [0.15, 0.2) is 0 Å². The predicted octanol–water partition coefficient (Wildman–Crippen LogP) is 1.98. The van der Waals surface area contributed by atoms with Gasteiger partial charge in [0, 0.05) is 38.1 Å². The second-order valence-electron chi connectivity index (χ2n) is 6.15. The third-order valence-electron chi connectivity index (χ3n) is 4.52. The smallest absolute Gasteiger partial charge is 0.254 e. The fraction of sp³-hybridized carbons (Fsp3) is 0.500. The molecule has 0 saturated carbocycles. The first-order chi connectivity index (χ1) is 11.6. The van der Waals surface area contributed by atoms with Crippen molar-refractivity contribution in [3.8, 4) is 0 Å². The van der Waals surface area contributed by atoms with Crippen LogP contribution in [0.1, 0.15) is 43.0 Å². The molecule has 2 fully saturated rings. The number of benzene rings is 1. The van der Waals surface area contributed by atoms with Crippen molar-refractivity contribution in [3.05, 3.63) is 29.8 Å². The number of carbonyl (C=O) groups is 3. The number of anilines is 1. The summed E-state index contributed by atoms with van der Waals surface area (Å²) in [4.78, 5) is 39.5. The Bertz CT molecular complexity index is 636. The quantitative estimate of drug-likeness (QED) is 0.774. The number of hydrogen-bond donors (Lipinski definition) is 0. The van der Waals surface area contributed by atoms with E-state index in [0.717, 1.165) is 19.4 Å². The van der Waals surface area contributed by atoms with Crippen LogP contribution in [0, 0.1) is 0 Å². The van der Waals surface area contributed by atoms with Crippen LogP contribution in [0.4, 0.5) is 5.69 Å². The molecule has 6 nitrogen and oxygen atoms in total. The first-order valence-electron chi connectivity index (χ1n) is 8.47. The zero-order valence-corrected chi connectivity index (χ0v) is 13.9. The van der Waals surface area contributed by atoms with Gasteiger partial charge in [-0.3, -0.25) is 19.3 Å². The average Bonchev–Trinajstić information content (AvgIpc) is 3.22. The Labute approximate surface area is 141 Å². The van der Waals surface area contributed by atoms with Crippen LogP contribution in [0.15, 0.2) is 24.3 Å². The second-order valence-corrected chi connectivity index (χ2v) is 6.15. The predicted molar refractivity (Wildman–Crippen MR) is 88.7 cm³/mol. The number of nitrogens with zero attached hydrogens (tertiary/aromatic N) is 2. The minimum absolute atomic E-state index is 0.0961. The second kappa shape index (κ2) is 7.13. The van der Waals surface area contributed by atoms with Crippen molar-refractivity contribution in [1.82, 2.24) is 4.90 Å². The molecule has 24 heavy (non-hydrogen) atoms. The lowest BCUT2D eigenvalue weighted by molar-refractivity contribution is -0.121. The number of ether oxygens (including phenoxy) is 1. The van der Waals surface area contributed by atoms with Crippen LogP contribution in [-0.4, -0.2) is 48.4 Å². The monoisotopic (exact) mass is 330 g/mol. The van der Waals surface area contributed by atoms with E-state index in [1.165, 1.54) is 4.90 Å². The first-order valence-corrected chi connectivity index (χ1v) is 8.47. The molecular weight excluding hydrogens is 308 g/mol. The zero-order chi connectivity index (χ0) is 17.1. The molecule has 2 saturated heterocycles. The Balaban J connectivity index is 1.77. The van der Waals surface area contributed by atoms with E-state index >= 15 is 0 Å². The highest BCUT2D eigenvalue weighted by atomic mass is 16.5. The van der Waals surface area contributed by atoms with Crippen LogP contribution in [0.2, 0.25) is 0 Å². The van der Waals surface area contributed by atoms with Gasteiger partial charge in [-0.15, -0.1) is 0 Å². The Morgan fingerprint density at radius 1 is 1.29 bits per heavy atom. The molecule has 128 valence electrons. The first kappa shape index (κ1) is 16.6. The summed E-state index contributed by atoms with van der Waals surface area (Å²) >= 11 is 0. The highest BCUT2D eigenvalue weighted by Gasteiger charge is 2.31. The molecular formula is C18H22N2O4. The van der Waals surface area contributed by atoms with Crippen molar-refractivity contribution in [2.75, 3.05) is 24.6 Å². The molecule has 1 unspecified atom stereocenters. The van der Waals surface area contributed by atoms with E-state index in [9.17, 15) is 14.4 Å². The summed E-state index contributed by atoms with van der Waals surface area (Å²) in [6.45, 7) is 3.85. The molecule has 6 heteroatoms. The topological polar surface area (TPSA) is 66.9 Å². The summed E-state index contributed by atoms with van der Waals surface area (Å²) in [5.74, 6) is -0.526. The summed E-state index contributed by atoms with van der Waals surface area (Å²) in [6.07, 6.45) is 2.57. The van der Waals surface area contributed by atoms with Gasteiger partial charge < -0.3 is 9.64 Å². The van der Waals surface area contributed by atoms with Gasteiger partial charge in [0.05, 0.1) is 11.8 Å². The third kappa shape index (κ3) is 3.33. The lowest BCUT2D eigenvalue weighted by Gasteiger charge is -2.24. The van der Waals surface area contributed by atoms with Crippen LogP contribution < -0.4 is 4.90 Å². The molecule has 0 bridgehead atoms. The minimum Gasteiger partial charge on any atom is -0.376 e. The van der Waals surface area contributed by atoms with Gasteiger partial charge in [0.1, 0.15) is 0 Å². The fourth-order valence-electron chi connectivity index (χ4n) is 3.21. The molecule has 0 radical (unpaired) electrons. The maximum atomic E-state index is 12.8. The molecule has 1 atom stereocenters. The Kier molecular flexibility index (Phi) is 4.94. The minimum atomic E-state index is -0.212. The summed E-state index contributed by atoms with van der Waals surface area (Å²) in [5, 5.41) is 0. The number of carbonyl (C=O) groups excluding carboxylic acids is 3. The fourth-order valence-corrected chi connectivity index (χ4v) is 3.21. The standard InChI is InChI=1S/C18H22N2O4/c1-2-19(12-15-7-4-10-24-15)18(23)13-5-3-6-14(11-13)20-16(21)8-9-17(20)22/h3,5-6,11,15H,2,4,7-10,12H2,1H3. The maximum Gasteiger partial charge on any atom is 0.254 e. The number of rotatable bonds is 5.